The van der Waals surface area contributed by atoms with Crippen molar-refractivity contribution in [3.8, 4) is 0 Å². The molecular weight excluding hydrogens is 392 g/mol. The Morgan fingerprint density at radius 2 is 1.77 bits per heavy atom. The van der Waals surface area contributed by atoms with Crippen molar-refractivity contribution in [3.05, 3.63) is 65.2 Å². The molecule has 8 heteroatoms. The molecule has 0 saturated carbocycles. The number of nitrogens with one attached hydrogen (secondary N) is 2. The Morgan fingerprint density at radius 3 is 2.42 bits per heavy atom. The molecule has 0 aliphatic rings. The summed E-state index contributed by atoms with van der Waals surface area (Å²) < 4.78 is 26.9. The Balaban J connectivity index is 1.74. The van der Waals surface area contributed by atoms with Gasteiger partial charge in [-0.1, -0.05) is 41.9 Å². The minimum absolute atomic E-state index is 0.0694. The van der Waals surface area contributed by atoms with E-state index in [1.165, 1.54) is 36.8 Å². The number of thioether (sulfide) groups is 1. The lowest BCUT2D eigenvalue weighted by atomic mass is 10.2. The van der Waals surface area contributed by atoms with Gasteiger partial charge < -0.3 is 5.32 Å². The standard InChI is InChI=1S/C18H21ClN2O3S2/c1-14(21-26(23,24)17-9-7-16(19)8-10-17)18(22)20-11-12-25-13-15-5-3-2-4-6-15/h2-10,14,21H,11-13H2,1H3,(H,20,22)/t14-/m1/s1. The van der Waals surface area contributed by atoms with Crippen molar-refractivity contribution in [1.82, 2.24) is 10.0 Å². The number of rotatable bonds is 9. The summed E-state index contributed by atoms with van der Waals surface area (Å²) in [7, 11) is -3.77. The second-order valence-corrected chi connectivity index (χ2v) is 8.88. The largest absolute Gasteiger partial charge is 0.354 e. The number of amides is 1. The Bertz CT molecular complexity index is 812. The maximum Gasteiger partial charge on any atom is 0.241 e. The molecule has 0 saturated heterocycles. The van der Waals surface area contributed by atoms with Crippen LogP contribution < -0.4 is 10.0 Å². The van der Waals surface area contributed by atoms with Gasteiger partial charge in [-0.05, 0) is 36.8 Å². The first-order valence-electron chi connectivity index (χ1n) is 8.06. The molecule has 26 heavy (non-hydrogen) atoms. The van der Waals surface area contributed by atoms with Gasteiger partial charge in [-0.15, -0.1) is 0 Å². The van der Waals surface area contributed by atoms with E-state index in [0.29, 0.717) is 11.6 Å². The highest BCUT2D eigenvalue weighted by molar-refractivity contribution is 7.98. The third kappa shape index (κ3) is 6.64. The molecule has 2 rings (SSSR count). The molecular formula is C18H21ClN2O3S2. The topological polar surface area (TPSA) is 75.3 Å². The zero-order valence-electron chi connectivity index (χ0n) is 14.3. The van der Waals surface area contributed by atoms with Crippen LogP contribution >= 0.6 is 23.4 Å². The average Bonchev–Trinajstić information content (AvgIpc) is 2.62. The molecule has 1 atom stereocenters. The maximum absolute atomic E-state index is 12.3. The first kappa shape index (κ1) is 20.8. The van der Waals surface area contributed by atoms with Gasteiger partial charge in [0, 0.05) is 23.1 Å². The van der Waals surface area contributed by atoms with E-state index in [4.69, 9.17) is 11.6 Å². The fourth-order valence-corrected chi connectivity index (χ4v) is 4.28. The number of carbonyl (C=O) groups excluding carboxylic acids is 1. The molecule has 0 radical (unpaired) electrons. The molecule has 0 aliphatic heterocycles. The van der Waals surface area contributed by atoms with Crippen LogP contribution in [0.3, 0.4) is 0 Å². The van der Waals surface area contributed by atoms with Crippen LogP contribution in [-0.4, -0.2) is 32.7 Å². The van der Waals surface area contributed by atoms with E-state index in [9.17, 15) is 13.2 Å². The van der Waals surface area contributed by atoms with E-state index in [-0.39, 0.29) is 10.8 Å². The molecule has 0 fully saturated rings. The summed E-state index contributed by atoms with van der Waals surface area (Å²) in [6.07, 6.45) is 0. The molecule has 0 bridgehead atoms. The molecule has 2 N–H and O–H groups in total. The van der Waals surface area contributed by atoms with E-state index < -0.39 is 16.1 Å². The van der Waals surface area contributed by atoms with Crippen molar-refractivity contribution in [3.63, 3.8) is 0 Å². The molecule has 0 aliphatic carbocycles. The third-order valence-corrected chi connectivity index (χ3v) is 6.35. The molecule has 0 heterocycles. The molecule has 2 aromatic rings. The second-order valence-electron chi connectivity index (χ2n) is 5.63. The number of benzene rings is 2. The van der Waals surface area contributed by atoms with Crippen molar-refractivity contribution in [2.75, 3.05) is 12.3 Å². The lowest BCUT2D eigenvalue weighted by molar-refractivity contribution is -0.122. The van der Waals surface area contributed by atoms with Crippen molar-refractivity contribution in [2.45, 2.75) is 23.6 Å². The van der Waals surface area contributed by atoms with Crippen LogP contribution in [0, 0.1) is 0 Å². The monoisotopic (exact) mass is 412 g/mol. The Morgan fingerprint density at radius 1 is 1.12 bits per heavy atom. The van der Waals surface area contributed by atoms with Gasteiger partial charge in [0.15, 0.2) is 0 Å². The molecule has 140 valence electrons. The molecule has 0 aromatic heterocycles. The Hall–Kier alpha value is -1.54. The summed E-state index contributed by atoms with van der Waals surface area (Å²) in [5.41, 5.74) is 1.23. The second kappa shape index (κ2) is 9.97. The third-order valence-electron chi connectivity index (χ3n) is 3.51. The minimum Gasteiger partial charge on any atom is -0.354 e. The summed E-state index contributed by atoms with van der Waals surface area (Å²) in [6.45, 7) is 1.99. The summed E-state index contributed by atoms with van der Waals surface area (Å²) in [5, 5.41) is 3.19. The molecule has 5 nitrogen and oxygen atoms in total. The fraction of sp³-hybridized carbons (Fsp3) is 0.278. The molecule has 0 spiro atoms. The molecule has 2 aromatic carbocycles. The van der Waals surface area contributed by atoms with E-state index in [0.717, 1.165) is 11.5 Å². The average molecular weight is 413 g/mol. The summed E-state index contributed by atoms with van der Waals surface area (Å²) in [5.74, 6) is 1.26. The van der Waals surface area contributed by atoms with Gasteiger partial charge in [0.1, 0.15) is 0 Å². The van der Waals surface area contributed by atoms with Gasteiger partial charge >= 0.3 is 0 Å². The van der Waals surface area contributed by atoms with Crippen LogP contribution in [0.25, 0.3) is 0 Å². The van der Waals surface area contributed by atoms with Gasteiger partial charge in [0.2, 0.25) is 15.9 Å². The van der Waals surface area contributed by atoms with Crippen molar-refractivity contribution >= 4 is 39.3 Å². The lowest BCUT2D eigenvalue weighted by Gasteiger charge is -2.14. The van der Waals surface area contributed by atoms with Gasteiger partial charge in [0.25, 0.3) is 0 Å². The minimum atomic E-state index is -3.77. The number of halogens is 1. The number of carbonyl (C=O) groups is 1. The van der Waals surface area contributed by atoms with Crippen LogP contribution in [0.1, 0.15) is 12.5 Å². The number of hydrogen-bond donors (Lipinski definition) is 2. The molecule has 0 unspecified atom stereocenters. The van der Waals surface area contributed by atoms with Crippen LogP contribution in [0.4, 0.5) is 0 Å². The quantitative estimate of drug-likeness (QED) is 0.620. The highest BCUT2D eigenvalue weighted by Gasteiger charge is 2.21. The van der Waals surface area contributed by atoms with Crippen LogP contribution in [0.5, 0.6) is 0 Å². The highest BCUT2D eigenvalue weighted by Crippen LogP contribution is 2.14. The van der Waals surface area contributed by atoms with Crippen molar-refractivity contribution in [1.29, 1.82) is 0 Å². The first-order valence-corrected chi connectivity index (χ1v) is 11.1. The van der Waals surface area contributed by atoms with E-state index in [2.05, 4.69) is 22.2 Å². The number of hydrogen-bond acceptors (Lipinski definition) is 4. The van der Waals surface area contributed by atoms with E-state index in [1.54, 1.807) is 11.8 Å². The summed E-state index contributed by atoms with van der Waals surface area (Å²) in [4.78, 5) is 12.1. The zero-order valence-corrected chi connectivity index (χ0v) is 16.7. The van der Waals surface area contributed by atoms with Gasteiger partial charge in [0.05, 0.1) is 10.9 Å². The predicted octanol–water partition coefficient (Wildman–Crippen LogP) is 3.06. The van der Waals surface area contributed by atoms with E-state index in [1.807, 2.05) is 18.2 Å². The van der Waals surface area contributed by atoms with Crippen molar-refractivity contribution in [2.24, 2.45) is 0 Å². The van der Waals surface area contributed by atoms with Crippen LogP contribution in [0.2, 0.25) is 5.02 Å². The Kier molecular flexibility index (Phi) is 7.96. The zero-order chi connectivity index (χ0) is 19.0. The Labute approximate surface area is 163 Å². The van der Waals surface area contributed by atoms with Gasteiger partial charge in [-0.2, -0.15) is 16.5 Å². The first-order chi connectivity index (χ1) is 12.4. The predicted molar refractivity (Wildman–Crippen MR) is 107 cm³/mol. The molecule has 1 amide bonds. The normalized spacial score (nSPS) is 12.5. The van der Waals surface area contributed by atoms with Crippen LogP contribution in [0.15, 0.2) is 59.5 Å². The summed E-state index contributed by atoms with van der Waals surface area (Å²) in [6, 6.07) is 15.0. The summed E-state index contributed by atoms with van der Waals surface area (Å²) >= 11 is 7.46. The van der Waals surface area contributed by atoms with E-state index >= 15 is 0 Å². The smallest absolute Gasteiger partial charge is 0.241 e. The van der Waals surface area contributed by atoms with Gasteiger partial charge in [-0.25, -0.2) is 8.42 Å². The highest BCUT2D eigenvalue weighted by atomic mass is 35.5. The fourth-order valence-electron chi connectivity index (χ4n) is 2.13. The maximum atomic E-state index is 12.3. The number of sulfonamides is 1. The van der Waals surface area contributed by atoms with Gasteiger partial charge in [-0.3, -0.25) is 4.79 Å². The van der Waals surface area contributed by atoms with Crippen molar-refractivity contribution < 1.29 is 13.2 Å². The van der Waals surface area contributed by atoms with Crippen LogP contribution in [-0.2, 0) is 20.6 Å². The lowest BCUT2D eigenvalue weighted by Crippen LogP contribution is -2.45. The SMILES string of the molecule is C[C@@H](NS(=O)(=O)c1ccc(Cl)cc1)C(=O)NCCSCc1ccccc1.